The van der Waals surface area contributed by atoms with Crippen LogP contribution < -0.4 is 16.2 Å². The number of hydrogen-bond donors (Lipinski definition) is 2. The Morgan fingerprint density at radius 1 is 1.35 bits per heavy atom. The Balaban J connectivity index is 2.91. The average Bonchev–Trinajstić information content (AvgIpc) is 2.28. The minimum absolute atomic E-state index is 0.351. The lowest BCUT2D eigenvalue weighted by molar-refractivity contribution is 0.415. The SMILES string of the molecule is COc1cccc(N=C(N)/C=C(\N)N(C)C)c1. The van der Waals surface area contributed by atoms with E-state index >= 15 is 0 Å². The van der Waals surface area contributed by atoms with Crippen molar-refractivity contribution < 1.29 is 4.74 Å². The van der Waals surface area contributed by atoms with Crippen molar-refractivity contribution in [2.75, 3.05) is 21.2 Å². The summed E-state index contributed by atoms with van der Waals surface area (Å²) in [6.07, 6.45) is 1.61. The van der Waals surface area contributed by atoms with Crippen molar-refractivity contribution in [3.05, 3.63) is 36.2 Å². The normalized spacial score (nSPS) is 12.4. The molecule has 0 aliphatic rings. The van der Waals surface area contributed by atoms with Gasteiger partial charge < -0.3 is 21.1 Å². The number of hydrogen-bond acceptors (Lipinski definition) is 4. The van der Waals surface area contributed by atoms with Gasteiger partial charge in [0.15, 0.2) is 0 Å². The molecule has 1 aromatic rings. The second-order valence-corrected chi connectivity index (χ2v) is 3.70. The molecule has 4 N–H and O–H groups in total. The molecule has 0 aromatic heterocycles. The highest BCUT2D eigenvalue weighted by molar-refractivity contribution is 5.93. The first kappa shape index (κ1) is 12.9. The second-order valence-electron chi connectivity index (χ2n) is 3.70. The molecular weight excluding hydrogens is 216 g/mol. The molecule has 92 valence electrons. The van der Waals surface area contributed by atoms with E-state index in [1.165, 1.54) is 0 Å². The molecule has 0 radical (unpaired) electrons. The predicted molar refractivity (Wildman–Crippen MR) is 70.2 cm³/mol. The third-order valence-electron chi connectivity index (χ3n) is 2.12. The van der Waals surface area contributed by atoms with Gasteiger partial charge in [-0.2, -0.15) is 0 Å². The zero-order valence-electron chi connectivity index (χ0n) is 10.3. The molecule has 5 nitrogen and oxygen atoms in total. The lowest BCUT2D eigenvalue weighted by Gasteiger charge is -2.11. The third kappa shape index (κ3) is 4.06. The lowest BCUT2D eigenvalue weighted by atomic mass is 10.3. The average molecular weight is 234 g/mol. The van der Waals surface area contributed by atoms with Gasteiger partial charge in [-0.15, -0.1) is 0 Å². The van der Waals surface area contributed by atoms with Crippen LogP contribution in [0, 0.1) is 0 Å². The minimum atomic E-state index is 0.351. The third-order valence-corrected chi connectivity index (χ3v) is 2.12. The molecule has 0 spiro atoms. The number of ether oxygens (including phenoxy) is 1. The van der Waals surface area contributed by atoms with Gasteiger partial charge in [0, 0.05) is 26.2 Å². The molecule has 0 saturated heterocycles. The van der Waals surface area contributed by atoms with Crippen LogP contribution in [-0.2, 0) is 0 Å². The summed E-state index contributed by atoms with van der Waals surface area (Å²) in [6.45, 7) is 0. The fraction of sp³-hybridized carbons (Fsp3) is 0.250. The van der Waals surface area contributed by atoms with E-state index in [0.717, 1.165) is 11.4 Å². The van der Waals surface area contributed by atoms with Gasteiger partial charge in [-0.05, 0) is 12.1 Å². The maximum Gasteiger partial charge on any atom is 0.127 e. The van der Waals surface area contributed by atoms with E-state index in [1.807, 2.05) is 32.3 Å². The van der Waals surface area contributed by atoms with Gasteiger partial charge in [-0.25, -0.2) is 4.99 Å². The molecule has 0 aliphatic carbocycles. The van der Waals surface area contributed by atoms with Crippen molar-refractivity contribution in [3.8, 4) is 5.75 Å². The van der Waals surface area contributed by atoms with Crippen LogP contribution in [0.15, 0.2) is 41.2 Å². The minimum Gasteiger partial charge on any atom is -0.497 e. The van der Waals surface area contributed by atoms with Crippen LogP contribution in [0.25, 0.3) is 0 Å². The van der Waals surface area contributed by atoms with E-state index < -0.39 is 0 Å². The van der Waals surface area contributed by atoms with E-state index in [4.69, 9.17) is 16.2 Å². The van der Waals surface area contributed by atoms with Crippen LogP contribution in [0.4, 0.5) is 5.69 Å². The molecule has 0 unspecified atom stereocenters. The van der Waals surface area contributed by atoms with E-state index in [9.17, 15) is 0 Å². The molecule has 0 fully saturated rings. The van der Waals surface area contributed by atoms with Crippen molar-refractivity contribution in [2.24, 2.45) is 16.5 Å². The molecular formula is C12H18N4O. The number of benzene rings is 1. The number of methoxy groups -OCH3 is 1. The first-order valence-electron chi connectivity index (χ1n) is 5.15. The summed E-state index contributed by atoms with van der Waals surface area (Å²) < 4.78 is 5.10. The molecule has 0 atom stereocenters. The molecule has 0 saturated carbocycles. The highest BCUT2D eigenvalue weighted by Gasteiger charge is 1.97. The van der Waals surface area contributed by atoms with Crippen molar-refractivity contribution in [1.29, 1.82) is 0 Å². The van der Waals surface area contributed by atoms with E-state index in [2.05, 4.69) is 4.99 Å². The zero-order valence-corrected chi connectivity index (χ0v) is 10.3. The van der Waals surface area contributed by atoms with Gasteiger partial charge in [0.1, 0.15) is 17.4 Å². The maximum absolute atomic E-state index is 5.76. The number of nitrogens with zero attached hydrogens (tertiary/aromatic N) is 2. The quantitative estimate of drug-likeness (QED) is 0.603. The number of amidine groups is 1. The summed E-state index contributed by atoms with van der Waals surface area (Å²) in [5, 5.41) is 0. The molecule has 5 heteroatoms. The van der Waals surface area contributed by atoms with Gasteiger partial charge >= 0.3 is 0 Å². The number of aliphatic imine (C=N–C) groups is 1. The second kappa shape index (κ2) is 5.79. The topological polar surface area (TPSA) is 76.9 Å². The van der Waals surface area contributed by atoms with Crippen LogP contribution in [0.2, 0.25) is 0 Å². The first-order chi connectivity index (χ1) is 8.02. The first-order valence-corrected chi connectivity index (χ1v) is 5.15. The lowest BCUT2D eigenvalue weighted by Crippen LogP contribution is -2.21. The van der Waals surface area contributed by atoms with Crippen molar-refractivity contribution in [3.63, 3.8) is 0 Å². The predicted octanol–water partition coefficient (Wildman–Crippen LogP) is 1.05. The Bertz CT molecular complexity index is 438. The van der Waals surface area contributed by atoms with Crippen molar-refractivity contribution in [1.82, 2.24) is 4.90 Å². The van der Waals surface area contributed by atoms with Crippen LogP contribution in [0.1, 0.15) is 0 Å². The Labute approximate surface area is 101 Å². The smallest absolute Gasteiger partial charge is 0.127 e. The van der Waals surface area contributed by atoms with Gasteiger partial charge in [-0.1, -0.05) is 6.07 Å². The van der Waals surface area contributed by atoms with E-state index in [1.54, 1.807) is 24.2 Å². The maximum atomic E-state index is 5.76. The molecule has 0 amide bonds. The Kier molecular flexibility index (Phi) is 4.39. The van der Waals surface area contributed by atoms with Gasteiger partial charge in [0.2, 0.25) is 0 Å². The molecule has 0 heterocycles. The molecule has 0 bridgehead atoms. The van der Waals surface area contributed by atoms with Gasteiger partial charge in [0.05, 0.1) is 12.8 Å². The fourth-order valence-corrected chi connectivity index (χ4v) is 1.14. The van der Waals surface area contributed by atoms with Crippen LogP contribution >= 0.6 is 0 Å². The Morgan fingerprint density at radius 3 is 2.65 bits per heavy atom. The summed E-state index contributed by atoms with van der Waals surface area (Å²) in [7, 11) is 5.28. The summed E-state index contributed by atoms with van der Waals surface area (Å²) in [6, 6.07) is 7.34. The molecule has 0 aliphatic heterocycles. The van der Waals surface area contributed by atoms with Crippen molar-refractivity contribution in [2.45, 2.75) is 0 Å². The largest absolute Gasteiger partial charge is 0.497 e. The van der Waals surface area contributed by atoms with E-state index in [-0.39, 0.29) is 0 Å². The highest BCUT2D eigenvalue weighted by Crippen LogP contribution is 2.19. The fourth-order valence-electron chi connectivity index (χ4n) is 1.14. The molecule has 17 heavy (non-hydrogen) atoms. The summed E-state index contributed by atoms with van der Waals surface area (Å²) in [4.78, 5) is 5.98. The number of nitrogens with two attached hydrogens (primary N) is 2. The Morgan fingerprint density at radius 2 is 2.06 bits per heavy atom. The van der Waals surface area contributed by atoms with Crippen LogP contribution in [0.3, 0.4) is 0 Å². The standard InChI is InChI=1S/C12H18N4O/c1-16(2)12(14)8-11(13)15-9-5-4-6-10(7-9)17-3/h4-8H,14H2,1-3H3,(H2,13,15)/b12-8+. The van der Waals surface area contributed by atoms with Crippen molar-refractivity contribution >= 4 is 11.5 Å². The van der Waals surface area contributed by atoms with Crippen LogP contribution in [0.5, 0.6) is 5.75 Å². The summed E-state index contributed by atoms with van der Waals surface area (Å²) in [5.74, 6) is 1.64. The number of rotatable bonds is 4. The Hall–Kier alpha value is -2.17. The monoisotopic (exact) mass is 234 g/mol. The molecule has 1 rings (SSSR count). The van der Waals surface area contributed by atoms with Crippen LogP contribution in [-0.4, -0.2) is 31.9 Å². The highest BCUT2D eigenvalue weighted by atomic mass is 16.5. The molecule has 1 aromatic carbocycles. The summed E-state index contributed by atoms with van der Waals surface area (Å²) in [5.41, 5.74) is 12.2. The van der Waals surface area contributed by atoms with Gasteiger partial charge in [0.25, 0.3) is 0 Å². The van der Waals surface area contributed by atoms with E-state index in [0.29, 0.717) is 11.7 Å². The van der Waals surface area contributed by atoms with Gasteiger partial charge in [-0.3, -0.25) is 0 Å². The zero-order chi connectivity index (χ0) is 12.8. The summed E-state index contributed by atoms with van der Waals surface area (Å²) >= 11 is 0.